The number of halogens is 2. The summed E-state index contributed by atoms with van der Waals surface area (Å²) in [5, 5.41) is 8.88. The van der Waals surface area contributed by atoms with Crippen LogP contribution in [0.5, 0.6) is 0 Å². The summed E-state index contributed by atoms with van der Waals surface area (Å²) in [5.74, 6) is 2.58. The number of alkyl halides is 1. The fourth-order valence-electron chi connectivity index (χ4n) is 5.26. The van der Waals surface area contributed by atoms with Crippen molar-refractivity contribution in [1.29, 1.82) is 5.26 Å². The van der Waals surface area contributed by atoms with Crippen LogP contribution in [-0.2, 0) is 0 Å². The zero-order valence-electron chi connectivity index (χ0n) is 16.2. The topological polar surface area (TPSA) is 23.8 Å². The van der Waals surface area contributed by atoms with Gasteiger partial charge in [-0.05, 0) is 92.7 Å². The van der Waals surface area contributed by atoms with Crippen LogP contribution < -0.4 is 0 Å². The third-order valence-corrected chi connectivity index (χ3v) is 6.91. The molecule has 0 bridgehead atoms. The highest BCUT2D eigenvalue weighted by Gasteiger charge is 2.31. The molecule has 0 amide bonds. The van der Waals surface area contributed by atoms with E-state index in [-0.39, 0.29) is 18.1 Å². The third kappa shape index (κ3) is 5.41. The molecule has 3 rings (SSSR count). The summed E-state index contributed by atoms with van der Waals surface area (Å²) in [6.07, 6.45) is 16.0. The van der Waals surface area contributed by atoms with E-state index in [1.54, 1.807) is 18.2 Å². The van der Waals surface area contributed by atoms with Gasteiger partial charge in [0, 0.05) is 0 Å². The molecule has 2 fully saturated rings. The van der Waals surface area contributed by atoms with E-state index >= 15 is 0 Å². The second kappa shape index (κ2) is 10.0. The molecular formula is C24H31F2N. The van der Waals surface area contributed by atoms with Gasteiger partial charge in [-0.3, -0.25) is 0 Å². The van der Waals surface area contributed by atoms with E-state index in [2.05, 4.69) is 0 Å². The van der Waals surface area contributed by atoms with Gasteiger partial charge in [-0.1, -0.05) is 31.1 Å². The summed E-state index contributed by atoms with van der Waals surface area (Å²) in [6, 6.07) is 7.04. The van der Waals surface area contributed by atoms with E-state index in [0.717, 1.165) is 42.6 Å². The summed E-state index contributed by atoms with van der Waals surface area (Å²) >= 11 is 0. The molecule has 0 heterocycles. The zero-order chi connectivity index (χ0) is 19.1. The molecular weight excluding hydrogens is 340 g/mol. The Balaban J connectivity index is 1.43. The number of nitrogens with zero attached hydrogens (tertiary/aromatic N) is 1. The molecule has 2 saturated carbocycles. The van der Waals surface area contributed by atoms with Crippen molar-refractivity contribution in [2.75, 3.05) is 6.67 Å². The first-order valence-corrected chi connectivity index (χ1v) is 10.6. The molecule has 0 spiro atoms. The highest BCUT2D eigenvalue weighted by atomic mass is 19.1. The summed E-state index contributed by atoms with van der Waals surface area (Å²) in [7, 11) is 0. The predicted molar refractivity (Wildman–Crippen MR) is 106 cm³/mol. The molecule has 1 aromatic rings. The van der Waals surface area contributed by atoms with E-state index in [1.165, 1.54) is 44.9 Å². The molecule has 0 atom stereocenters. The van der Waals surface area contributed by atoms with Gasteiger partial charge in [0.1, 0.15) is 18.6 Å². The first-order chi connectivity index (χ1) is 13.2. The van der Waals surface area contributed by atoms with Crippen molar-refractivity contribution in [2.24, 2.45) is 17.8 Å². The van der Waals surface area contributed by atoms with Crippen molar-refractivity contribution in [3.05, 3.63) is 47.3 Å². The lowest BCUT2D eigenvalue weighted by Gasteiger charge is -2.38. The molecule has 2 aliphatic carbocycles. The lowest BCUT2D eigenvalue weighted by Crippen LogP contribution is -2.25. The van der Waals surface area contributed by atoms with Gasteiger partial charge in [-0.15, -0.1) is 0 Å². The van der Waals surface area contributed by atoms with Gasteiger partial charge in [-0.2, -0.15) is 5.26 Å². The lowest BCUT2D eigenvalue weighted by molar-refractivity contribution is 0.157. The Hall–Kier alpha value is -1.69. The molecule has 0 unspecified atom stereocenters. The van der Waals surface area contributed by atoms with Crippen molar-refractivity contribution in [2.45, 2.75) is 70.1 Å². The molecule has 0 radical (unpaired) electrons. The average molecular weight is 372 g/mol. The maximum Gasteiger partial charge on any atom is 0.141 e. The van der Waals surface area contributed by atoms with Crippen LogP contribution in [0.2, 0.25) is 0 Å². The highest BCUT2D eigenvalue weighted by molar-refractivity contribution is 5.34. The second-order valence-corrected chi connectivity index (χ2v) is 8.45. The van der Waals surface area contributed by atoms with Crippen LogP contribution in [0.4, 0.5) is 8.78 Å². The summed E-state index contributed by atoms with van der Waals surface area (Å²) in [5.41, 5.74) is 1.21. The van der Waals surface area contributed by atoms with Gasteiger partial charge in [-0.25, -0.2) is 8.78 Å². The van der Waals surface area contributed by atoms with Crippen LogP contribution in [0, 0.1) is 34.9 Å². The third-order valence-electron chi connectivity index (χ3n) is 6.91. The molecule has 27 heavy (non-hydrogen) atoms. The van der Waals surface area contributed by atoms with E-state index in [9.17, 15) is 8.78 Å². The van der Waals surface area contributed by atoms with E-state index in [0.29, 0.717) is 5.92 Å². The van der Waals surface area contributed by atoms with Crippen molar-refractivity contribution in [3.8, 4) is 6.07 Å². The van der Waals surface area contributed by atoms with Crippen LogP contribution >= 0.6 is 0 Å². The number of nitriles is 1. The van der Waals surface area contributed by atoms with Gasteiger partial charge >= 0.3 is 0 Å². The van der Waals surface area contributed by atoms with Crippen molar-refractivity contribution >= 4 is 0 Å². The van der Waals surface area contributed by atoms with Crippen LogP contribution in [0.3, 0.4) is 0 Å². The smallest absolute Gasteiger partial charge is 0.141 e. The Bertz CT molecular complexity index is 659. The van der Waals surface area contributed by atoms with Crippen LogP contribution in [0.25, 0.3) is 0 Å². The van der Waals surface area contributed by atoms with E-state index in [1.807, 2.05) is 18.2 Å². The molecule has 2 aliphatic rings. The number of allylic oxidation sites excluding steroid dienone is 2. The minimum absolute atomic E-state index is 0.143. The standard InChI is InChI=1S/C24H31F2N/c25-15-3-1-2-4-18-5-7-19(8-6-18)20-9-11-21(12-10-20)22-13-14-23(17-27)24(26)16-22/h1,3,13-14,16,18-21H,2,4-12,15H2. The van der Waals surface area contributed by atoms with Crippen molar-refractivity contribution in [3.63, 3.8) is 0 Å². The number of hydrogen-bond donors (Lipinski definition) is 0. The SMILES string of the molecule is N#Cc1ccc(C2CCC(C3CCC(CCC=CCF)CC3)CC2)cc1F. The van der Waals surface area contributed by atoms with Crippen molar-refractivity contribution in [1.82, 2.24) is 0 Å². The van der Waals surface area contributed by atoms with E-state index < -0.39 is 0 Å². The van der Waals surface area contributed by atoms with Gasteiger partial charge in [0.15, 0.2) is 0 Å². The maximum absolute atomic E-state index is 13.9. The monoisotopic (exact) mass is 371 g/mol. The Morgan fingerprint density at radius 2 is 1.63 bits per heavy atom. The Morgan fingerprint density at radius 1 is 0.963 bits per heavy atom. The number of benzene rings is 1. The molecule has 3 heteroatoms. The van der Waals surface area contributed by atoms with Gasteiger partial charge in [0.25, 0.3) is 0 Å². The average Bonchev–Trinajstić information content (AvgIpc) is 2.72. The Morgan fingerprint density at radius 3 is 2.22 bits per heavy atom. The quantitative estimate of drug-likeness (QED) is 0.490. The van der Waals surface area contributed by atoms with Gasteiger partial charge in [0.05, 0.1) is 5.56 Å². The minimum Gasteiger partial charge on any atom is -0.247 e. The van der Waals surface area contributed by atoms with E-state index in [4.69, 9.17) is 5.26 Å². The minimum atomic E-state index is -0.378. The molecule has 0 saturated heterocycles. The van der Waals surface area contributed by atoms with Crippen LogP contribution in [0.1, 0.15) is 81.3 Å². The van der Waals surface area contributed by atoms with Gasteiger partial charge in [0.2, 0.25) is 0 Å². The molecule has 146 valence electrons. The summed E-state index contributed by atoms with van der Waals surface area (Å²) < 4.78 is 26.0. The molecule has 0 aliphatic heterocycles. The normalized spacial score (nSPS) is 28.9. The molecule has 1 aromatic carbocycles. The molecule has 0 N–H and O–H groups in total. The lowest BCUT2D eigenvalue weighted by atomic mass is 9.68. The molecule has 1 nitrogen and oxygen atoms in total. The zero-order valence-corrected chi connectivity index (χ0v) is 16.2. The Kier molecular flexibility index (Phi) is 7.44. The maximum atomic E-state index is 13.9. The fraction of sp³-hybridized carbons (Fsp3) is 0.625. The second-order valence-electron chi connectivity index (χ2n) is 8.45. The number of rotatable bonds is 6. The predicted octanol–water partition coefficient (Wildman–Crippen LogP) is 7.08. The molecule has 0 aromatic heterocycles. The summed E-state index contributed by atoms with van der Waals surface area (Å²) in [6.45, 7) is -0.343. The Labute approximate surface area is 162 Å². The van der Waals surface area contributed by atoms with Gasteiger partial charge < -0.3 is 0 Å². The van der Waals surface area contributed by atoms with Crippen LogP contribution in [-0.4, -0.2) is 6.67 Å². The summed E-state index contributed by atoms with van der Waals surface area (Å²) in [4.78, 5) is 0. The van der Waals surface area contributed by atoms with Crippen LogP contribution in [0.15, 0.2) is 30.4 Å². The first-order valence-electron chi connectivity index (χ1n) is 10.6. The number of hydrogen-bond acceptors (Lipinski definition) is 1. The highest BCUT2D eigenvalue weighted by Crippen LogP contribution is 2.44. The van der Waals surface area contributed by atoms with Crippen molar-refractivity contribution < 1.29 is 8.78 Å². The largest absolute Gasteiger partial charge is 0.247 e. The first kappa shape index (κ1) is 20.1. The fourth-order valence-corrected chi connectivity index (χ4v) is 5.26.